The molecule has 0 unspecified atom stereocenters. The largest absolute Gasteiger partial charge is 0.573 e. The molecule has 118 valence electrons. The maximum atomic E-state index is 12.3. The smallest absolute Gasteiger partial charge is 0.457 e. The zero-order chi connectivity index (χ0) is 16.4. The Bertz CT molecular complexity index is 761. The lowest BCUT2D eigenvalue weighted by atomic mass is 10.1. The summed E-state index contributed by atoms with van der Waals surface area (Å²) in [6, 6.07) is 12.5. The van der Waals surface area contributed by atoms with E-state index in [1.807, 2.05) is 0 Å². The number of ether oxygens (including phenoxy) is 2. The van der Waals surface area contributed by atoms with Gasteiger partial charge in [-0.1, -0.05) is 6.07 Å². The molecule has 1 aliphatic carbocycles. The quantitative estimate of drug-likeness (QED) is 0.785. The van der Waals surface area contributed by atoms with Gasteiger partial charge in [0.15, 0.2) is 0 Å². The van der Waals surface area contributed by atoms with Crippen molar-refractivity contribution in [1.29, 1.82) is 5.26 Å². The van der Waals surface area contributed by atoms with Gasteiger partial charge in [0.25, 0.3) is 0 Å². The van der Waals surface area contributed by atoms with Crippen molar-refractivity contribution in [3.63, 3.8) is 0 Å². The molecule has 2 aromatic carbocycles. The molecule has 1 aliphatic rings. The Kier molecular flexibility index (Phi) is 3.87. The van der Waals surface area contributed by atoms with Gasteiger partial charge in [-0.2, -0.15) is 5.26 Å². The summed E-state index contributed by atoms with van der Waals surface area (Å²) in [5, 5.41) is 8.98. The minimum absolute atomic E-state index is 0.248. The molecule has 0 saturated heterocycles. The molecule has 0 spiro atoms. The maximum absolute atomic E-state index is 12.3. The molecule has 0 heterocycles. The van der Waals surface area contributed by atoms with Gasteiger partial charge in [0.2, 0.25) is 0 Å². The molecule has 0 N–H and O–H groups in total. The highest BCUT2D eigenvalue weighted by Gasteiger charge is 2.31. The van der Waals surface area contributed by atoms with Gasteiger partial charge >= 0.3 is 6.36 Å². The maximum Gasteiger partial charge on any atom is 0.573 e. The van der Waals surface area contributed by atoms with Crippen molar-refractivity contribution in [1.82, 2.24) is 0 Å². The summed E-state index contributed by atoms with van der Waals surface area (Å²) >= 11 is 0. The van der Waals surface area contributed by atoms with Crippen LogP contribution in [0.2, 0.25) is 0 Å². The highest BCUT2D eigenvalue weighted by Crippen LogP contribution is 2.45. The van der Waals surface area contributed by atoms with Crippen molar-refractivity contribution >= 4 is 0 Å². The zero-order valence-corrected chi connectivity index (χ0v) is 11.9. The van der Waals surface area contributed by atoms with Gasteiger partial charge in [0, 0.05) is 6.07 Å². The number of benzene rings is 2. The van der Waals surface area contributed by atoms with Gasteiger partial charge < -0.3 is 9.47 Å². The fraction of sp³-hybridized carbons (Fsp3) is 0.235. The lowest BCUT2D eigenvalue weighted by Gasteiger charge is -2.13. The minimum Gasteiger partial charge on any atom is -0.457 e. The molecular weight excluding hydrogens is 307 g/mol. The Hall–Kier alpha value is -2.68. The summed E-state index contributed by atoms with van der Waals surface area (Å²) in [5.74, 6) is 0.804. The molecule has 0 amide bonds. The monoisotopic (exact) mass is 319 g/mol. The molecule has 3 nitrogen and oxygen atoms in total. The summed E-state index contributed by atoms with van der Waals surface area (Å²) in [6.07, 6.45) is -2.71. The van der Waals surface area contributed by atoms with Crippen LogP contribution < -0.4 is 9.47 Å². The highest BCUT2D eigenvalue weighted by atomic mass is 19.4. The third-order valence-electron chi connectivity index (χ3n) is 3.42. The van der Waals surface area contributed by atoms with Gasteiger partial charge in [0.1, 0.15) is 17.2 Å². The number of alkyl halides is 3. The number of hydrogen-bond acceptors (Lipinski definition) is 3. The molecule has 6 heteroatoms. The molecule has 23 heavy (non-hydrogen) atoms. The molecule has 2 aromatic rings. The SMILES string of the molecule is N#Cc1ccc(Oc2cccc(OC(F)(F)F)c2)c(C2CC2)c1. The summed E-state index contributed by atoms with van der Waals surface area (Å²) in [6.45, 7) is 0. The van der Waals surface area contributed by atoms with E-state index in [2.05, 4.69) is 10.8 Å². The normalized spacial score (nSPS) is 14.2. The van der Waals surface area contributed by atoms with Crippen LogP contribution in [0, 0.1) is 11.3 Å². The van der Waals surface area contributed by atoms with Crippen molar-refractivity contribution in [2.75, 3.05) is 0 Å². The summed E-state index contributed by atoms with van der Waals surface area (Å²) < 4.78 is 46.4. The van der Waals surface area contributed by atoms with Crippen LogP contribution in [0.4, 0.5) is 13.2 Å². The van der Waals surface area contributed by atoms with E-state index in [9.17, 15) is 13.2 Å². The topological polar surface area (TPSA) is 42.2 Å². The van der Waals surface area contributed by atoms with E-state index in [0.29, 0.717) is 17.2 Å². The predicted octanol–water partition coefficient (Wildman–Crippen LogP) is 5.13. The average Bonchev–Trinajstić information content (AvgIpc) is 3.31. The van der Waals surface area contributed by atoms with E-state index in [-0.39, 0.29) is 11.5 Å². The second-order valence-corrected chi connectivity index (χ2v) is 5.26. The molecular formula is C17H12F3NO2. The molecule has 3 rings (SSSR count). The average molecular weight is 319 g/mol. The van der Waals surface area contributed by atoms with E-state index in [1.165, 1.54) is 18.2 Å². The van der Waals surface area contributed by atoms with E-state index >= 15 is 0 Å². The van der Waals surface area contributed by atoms with Crippen molar-refractivity contribution in [2.24, 2.45) is 0 Å². The van der Waals surface area contributed by atoms with Crippen molar-refractivity contribution < 1.29 is 22.6 Å². The van der Waals surface area contributed by atoms with Crippen LogP contribution in [0.15, 0.2) is 42.5 Å². The highest BCUT2D eigenvalue weighted by molar-refractivity contribution is 5.47. The third-order valence-corrected chi connectivity index (χ3v) is 3.42. The van der Waals surface area contributed by atoms with E-state index < -0.39 is 6.36 Å². The number of nitriles is 1. The lowest BCUT2D eigenvalue weighted by Crippen LogP contribution is -2.17. The fourth-order valence-electron chi connectivity index (χ4n) is 2.29. The van der Waals surface area contributed by atoms with Crippen LogP contribution in [0.3, 0.4) is 0 Å². The molecule has 0 atom stereocenters. The molecule has 1 fully saturated rings. The number of halogens is 3. The van der Waals surface area contributed by atoms with Gasteiger partial charge in [0.05, 0.1) is 11.6 Å². The first-order chi connectivity index (χ1) is 10.9. The summed E-state index contributed by atoms with van der Waals surface area (Å²) in [4.78, 5) is 0. The second kappa shape index (κ2) is 5.84. The first kappa shape index (κ1) is 15.2. The van der Waals surface area contributed by atoms with Gasteiger partial charge in [-0.15, -0.1) is 13.2 Å². The van der Waals surface area contributed by atoms with E-state index in [1.54, 1.807) is 24.3 Å². The minimum atomic E-state index is -4.74. The summed E-state index contributed by atoms with van der Waals surface area (Å²) in [7, 11) is 0. The standard InChI is InChI=1S/C17H12F3NO2/c18-17(19,20)23-14-3-1-2-13(9-14)22-16-7-4-11(10-21)8-15(16)12-5-6-12/h1-4,7-9,12H,5-6H2. The van der Waals surface area contributed by atoms with E-state index in [0.717, 1.165) is 18.4 Å². The van der Waals surface area contributed by atoms with Crippen LogP contribution in [0.1, 0.15) is 29.9 Å². The summed E-state index contributed by atoms with van der Waals surface area (Å²) in [5.41, 5.74) is 1.44. The van der Waals surface area contributed by atoms with Crippen LogP contribution >= 0.6 is 0 Å². The Balaban J connectivity index is 1.85. The van der Waals surface area contributed by atoms with Gasteiger partial charge in [-0.05, 0) is 54.7 Å². The first-order valence-corrected chi connectivity index (χ1v) is 7.02. The molecule has 0 radical (unpaired) electrons. The van der Waals surface area contributed by atoms with Crippen molar-refractivity contribution in [3.05, 3.63) is 53.6 Å². The Morgan fingerprint density at radius 3 is 2.43 bits per heavy atom. The van der Waals surface area contributed by atoms with Crippen LogP contribution in [0.5, 0.6) is 17.2 Å². The van der Waals surface area contributed by atoms with Gasteiger partial charge in [-0.25, -0.2) is 0 Å². The Labute approximate surface area is 130 Å². The predicted molar refractivity (Wildman–Crippen MR) is 76.3 cm³/mol. The Morgan fingerprint density at radius 1 is 1.04 bits per heavy atom. The first-order valence-electron chi connectivity index (χ1n) is 7.02. The second-order valence-electron chi connectivity index (χ2n) is 5.26. The zero-order valence-electron chi connectivity index (χ0n) is 11.9. The van der Waals surface area contributed by atoms with Crippen LogP contribution in [-0.4, -0.2) is 6.36 Å². The molecule has 0 bridgehead atoms. The van der Waals surface area contributed by atoms with Crippen LogP contribution in [-0.2, 0) is 0 Å². The van der Waals surface area contributed by atoms with Gasteiger partial charge in [-0.3, -0.25) is 0 Å². The fourth-order valence-corrected chi connectivity index (χ4v) is 2.29. The molecule has 1 saturated carbocycles. The molecule has 0 aliphatic heterocycles. The number of nitrogens with zero attached hydrogens (tertiary/aromatic N) is 1. The number of hydrogen-bond donors (Lipinski definition) is 0. The lowest BCUT2D eigenvalue weighted by molar-refractivity contribution is -0.274. The van der Waals surface area contributed by atoms with E-state index in [4.69, 9.17) is 10.00 Å². The number of rotatable bonds is 4. The third kappa shape index (κ3) is 3.95. The Morgan fingerprint density at radius 2 is 1.78 bits per heavy atom. The van der Waals surface area contributed by atoms with Crippen LogP contribution in [0.25, 0.3) is 0 Å². The van der Waals surface area contributed by atoms with Crippen molar-refractivity contribution in [3.8, 4) is 23.3 Å². The molecule has 0 aromatic heterocycles. The van der Waals surface area contributed by atoms with Crippen molar-refractivity contribution in [2.45, 2.75) is 25.1 Å².